The van der Waals surface area contributed by atoms with Crippen LogP contribution in [0.15, 0.2) is 12.1 Å². The third-order valence-electron chi connectivity index (χ3n) is 1.43. The molecule has 0 saturated carbocycles. The summed E-state index contributed by atoms with van der Waals surface area (Å²) in [7, 11) is 3.25. The van der Waals surface area contributed by atoms with Gasteiger partial charge in [-0.2, -0.15) is 0 Å². The Kier molecular flexibility index (Phi) is 7.07. The predicted molar refractivity (Wildman–Crippen MR) is 59.4 cm³/mol. The van der Waals surface area contributed by atoms with E-state index in [1.54, 1.807) is 14.2 Å². The van der Waals surface area contributed by atoms with Gasteiger partial charge in [0.1, 0.15) is 5.82 Å². The lowest BCUT2D eigenvalue weighted by atomic mass is 10.2. The highest BCUT2D eigenvalue weighted by Gasteiger charge is 2.06. The summed E-state index contributed by atoms with van der Waals surface area (Å²) < 4.78 is 17.0. The lowest BCUT2D eigenvalue weighted by Gasteiger charge is -2.03. The van der Waals surface area contributed by atoms with Gasteiger partial charge < -0.3 is 10.1 Å². The number of nitrogens with one attached hydrogen (secondary N) is 1. The zero-order valence-electron chi connectivity index (χ0n) is 8.79. The number of rotatable bonds is 3. The highest BCUT2D eigenvalue weighted by Crippen LogP contribution is 2.22. The van der Waals surface area contributed by atoms with Crippen LogP contribution in [-0.4, -0.2) is 26.9 Å². The van der Waals surface area contributed by atoms with Crippen LogP contribution < -0.4 is 5.32 Å². The highest BCUT2D eigenvalue weighted by molar-refractivity contribution is 6.31. The second kappa shape index (κ2) is 7.78. The molecule has 0 aliphatic carbocycles. The van der Waals surface area contributed by atoms with Crippen molar-refractivity contribution in [3.63, 3.8) is 0 Å². The van der Waals surface area contributed by atoms with Gasteiger partial charge >= 0.3 is 0 Å². The Bertz CT molecular complexity index is 371. The molecule has 0 saturated heterocycles. The van der Waals surface area contributed by atoms with Crippen molar-refractivity contribution in [2.24, 2.45) is 0 Å². The minimum atomic E-state index is -0.694. The van der Waals surface area contributed by atoms with Crippen LogP contribution in [0.5, 0.6) is 0 Å². The van der Waals surface area contributed by atoms with Gasteiger partial charge in [0.25, 0.3) is 0 Å². The Morgan fingerprint density at radius 2 is 1.94 bits per heavy atom. The van der Waals surface area contributed by atoms with Crippen LogP contribution in [0.4, 0.5) is 10.1 Å². The molecule has 0 atom stereocenters. The van der Waals surface area contributed by atoms with Crippen LogP contribution in [0.1, 0.15) is 10.4 Å². The van der Waals surface area contributed by atoms with Crippen molar-refractivity contribution >= 4 is 30.0 Å². The highest BCUT2D eigenvalue weighted by atomic mass is 35.5. The van der Waals surface area contributed by atoms with Gasteiger partial charge in [-0.1, -0.05) is 11.6 Å². The number of carbonyl (C=O) groups is 2. The molecule has 1 amide bonds. The van der Waals surface area contributed by atoms with Crippen LogP contribution in [0, 0.1) is 5.82 Å². The molecule has 88 valence electrons. The van der Waals surface area contributed by atoms with Crippen molar-refractivity contribution in [3.8, 4) is 0 Å². The Labute approximate surface area is 97.4 Å². The average molecular weight is 248 g/mol. The zero-order valence-corrected chi connectivity index (χ0v) is 9.55. The number of ether oxygens (including phenoxy) is 1. The number of hydrogen-bond acceptors (Lipinski definition) is 3. The van der Waals surface area contributed by atoms with E-state index in [4.69, 9.17) is 11.6 Å². The summed E-state index contributed by atoms with van der Waals surface area (Å²) in [5.41, 5.74) is 0.241. The third kappa shape index (κ3) is 4.37. The monoisotopic (exact) mass is 247 g/mol. The Morgan fingerprint density at radius 3 is 2.38 bits per heavy atom. The Morgan fingerprint density at radius 1 is 1.38 bits per heavy atom. The summed E-state index contributed by atoms with van der Waals surface area (Å²) >= 11 is 5.43. The summed E-state index contributed by atoms with van der Waals surface area (Å²) in [5, 5.41) is 2.09. The third-order valence-corrected chi connectivity index (χ3v) is 1.72. The molecule has 1 aromatic rings. The maximum absolute atomic E-state index is 12.8. The number of hydrogen-bond donors (Lipinski definition) is 1. The molecule has 0 aliphatic rings. The smallest absolute Gasteiger partial charge is 0.211 e. The minimum absolute atomic E-state index is 0.0500. The predicted octanol–water partition coefficient (Wildman–Crippen LogP) is 2.12. The van der Waals surface area contributed by atoms with Crippen LogP contribution in [0.2, 0.25) is 5.02 Å². The Balaban J connectivity index is 0.000000673. The number of amides is 1. The fourth-order valence-electron chi connectivity index (χ4n) is 0.848. The van der Waals surface area contributed by atoms with Gasteiger partial charge in [0, 0.05) is 19.8 Å². The van der Waals surface area contributed by atoms with Crippen molar-refractivity contribution in [3.05, 3.63) is 28.5 Å². The lowest BCUT2D eigenvalue weighted by Crippen LogP contribution is -1.99. The molecule has 0 aliphatic heterocycles. The molecular weight excluding hydrogens is 237 g/mol. The van der Waals surface area contributed by atoms with Crippen molar-refractivity contribution in [1.29, 1.82) is 0 Å². The number of halogens is 2. The van der Waals surface area contributed by atoms with Gasteiger partial charge in [-0.25, -0.2) is 4.39 Å². The van der Waals surface area contributed by atoms with Gasteiger partial charge in [-0.05, 0) is 12.1 Å². The maximum atomic E-state index is 12.8. The van der Waals surface area contributed by atoms with E-state index in [-0.39, 0.29) is 16.3 Å². The quantitative estimate of drug-likeness (QED) is 0.833. The minimum Gasteiger partial charge on any atom is -0.388 e. The molecule has 1 N–H and O–H groups in total. The fourth-order valence-corrected chi connectivity index (χ4v) is 1.01. The van der Waals surface area contributed by atoms with E-state index in [1.165, 1.54) is 6.07 Å². The number of aldehydes is 1. The second-order valence-electron chi connectivity index (χ2n) is 2.64. The SMILES string of the molecule is COC.O=CNc1cc(Cl)c(F)cc1C=O. The summed E-state index contributed by atoms with van der Waals surface area (Å²) in [6, 6.07) is 2.14. The normalized spacial score (nSPS) is 8.75. The molecule has 0 spiro atoms. The van der Waals surface area contributed by atoms with Crippen molar-refractivity contribution in [2.45, 2.75) is 0 Å². The molecule has 0 heterocycles. The first kappa shape index (κ1) is 14.5. The molecule has 0 aromatic heterocycles. The van der Waals surface area contributed by atoms with Gasteiger partial charge in [0.15, 0.2) is 6.29 Å². The average Bonchev–Trinajstić information content (AvgIpc) is 2.24. The van der Waals surface area contributed by atoms with Gasteiger partial charge in [-0.15, -0.1) is 0 Å². The first-order valence-corrected chi connectivity index (χ1v) is 4.53. The summed E-state index contributed by atoms with van der Waals surface area (Å²) in [5.74, 6) is -0.694. The first-order valence-electron chi connectivity index (χ1n) is 4.15. The van der Waals surface area contributed by atoms with E-state index < -0.39 is 5.82 Å². The maximum Gasteiger partial charge on any atom is 0.211 e. The van der Waals surface area contributed by atoms with Crippen LogP contribution in [0.3, 0.4) is 0 Å². The van der Waals surface area contributed by atoms with Crippen molar-refractivity contribution in [1.82, 2.24) is 0 Å². The molecule has 1 aromatic carbocycles. The summed E-state index contributed by atoms with van der Waals surface area (Å²) in [4.78, 5) is 20.5. The molecular formula is C10H11ClFNO3. The van der Waals surface area contributed by atoms with Crippen LogP contribution in [0.25, 0.3) is 0 Å². The molecule has 0 fully saturated rings. The number of carbonyl (C=O) groups excluding carboxylic acids is 2. The van der Waals surface area contributed by atoms with Gasteiger partial charge in [0.2, 0.25) is 6.41 Å². The van der Waals surface area contributed by atoms with E-state index >= 15 is 0 Å². The molecule has 0 unspecified atom stereocenters. The van der Waals surface area contributed by atoms with Crippen LogP contribution >= 0.6 is 11.6 Å². The largest absolute Gasteiger partial charge is 0.388 e. The van der Waals surface area contributed by atoms with Gasteiger partial charge in [0.05, 0.1) is 10.7 Å². The van der Waals surface area contributed by atoms with Crippen molar-refractivity contribution < 1.29 is 18.7 Å². The number of benzene rings is 1. The zero-order chi connectivity index (χ0) is 12.6. The Hall–Kier alpha value is -1.46. The van der Waals surface area contributed by atoms with E-state index in [2.05, 4.69) is 10.1 Å². The molecule has 6 heteroatoms. The number of methoxy groups -OCH3 is 1. The van der Waals surface area contributed by atoms with E-state index in [0.717, 1.165) is 6.07 Å². The molecule has 0 radical (unpaired) electrons. The summed E-state index contributed by atoms with van der Waals surface area (Å²) in [6.07, 6.45) is 0.821. The second-order valence-corrected chi connectivity index (χ2v) is 3.05. The standard InChI is InChI=1S/C8H5ClFNO2.C2H6O/c9-6-2-8(11-4-13)5(3-12)1-7(6)10;1-3-2/h1-4H,(H,11,13);1-2H3. The van der Waals surface area contributed by atoms with Gasteiger partial charge in [-0.3, -0.25) is 9.59 Å². The number of anilines is 1. The van der Waals surface area contributed by atoms with E-state index in [9.17, 15) is 14.0 Å². The lowest BCUT2D eigenvalue weighted by molar-refractivity contribution is -0.105. The van der Waals surface area contributed by atoms with Crippen molar-refractivity contribution in [2.75, 3.05) is 19.5 Å². The molecule has 4 nitrogen and oxygen atoms in total. The molecule has 0 bridgehead atoms. The molecule has 1 rings (SSSR count). The van der Waals surface area contributed by atoms with E-state index in [0.29, 0.717) is 12.7 Å². The fraction of sp³-hybridized carbons (Fsp3) is 0.200. The van der Waals surface area contributed by atoms with Crippen LogP contribution in [-0.2, 0) is 9.53 Å². The van der Waals surface area contributed by atoms with E-state index in [1.807, 2.05) is 0 Å². The summed E-state index contributed by atoms with van der Waals surface area (Å²) in [6.45, 7) is 0. The molecule has 16 heavy (non-hydrogen) atoms. The topological polar surface area (TPSA) is 55.4 Å². The first-order chi connectivity index (χ1) is 7.60.